The van der Waals surface area contributed by atoms with E-state index in [0.717, 1.165) is 55.9 Å². The number of aryl methyl sites for hydroxylation is 1. The maximum absolute atomic E-state index is 6.64. The summed E-state index contributed by atoms with van der Waals surface area (Å²) in [7, 11) is 0. The molecule has 6 heteroatoms. The van der Waals surface area contributed by atoms with E-state index >= 15 is 0 Å². The molecule has 0 radical (unpaired) electrons. The van der Waals surface area contributed by atoms with Crippen LogP contribution >= 0.6 is 0 Å². The van der Waals surface area contributed by atoms with Crippen molar-refractivity contribution in [1.29, 1.82) is 0 Å². The molecule has 0 saturated heterocycles. The summed E-state index contributed by atoms with van der Waals surface area (Å²) in [6, 6.07) is 43.9. The van der Waals surface area contributed by atoms with Crippen molar-refractivity contribution in [2.45, 2.75) is 85.5 Å². The molecule has 0 amide bonds. The molecule has 5 aromatic carbocycles. The van der Waals surface area contributed by atoms with Gasteiger partial charge in [-0.25, -0.2) is 4.98 Å². The maximum Gasteiger partial charge on any atom is 0.135 e. The summed E-state index contributed by atoms with van der Waals surface area (Å²) in [5.41, 5.74) is 11.2. The first-order valence-corrected chi connectivity index (χ1v) is 18.9. The number of ether oxygens (including phenoxy) is 1. The zero-order chi connectivity index (χ0) is 38.2. The van der Waals surface area contributed by atoms with Crippen LogP contribution in [0.15, 0.2) is 109 Å². The third kappa shape index (κ3) is 7.32. The van der Waals surface area contributed by atoms with Crippen LogP contribution in [0.2, 0.25) is 0 Å². The van der Waals surface area contributed by atoms with E-state index in [-0.39, 0.29) is 37.3 Å². The fourth-order valence-corrected chi connectivity index (χ4v) is 7.27. The minimum absolute atomic E-state index is 0. The van der Waals surface area contributed by atoms with Crippen LogP contribution in [-0.2, 0) is 37.3 Å². The summed E-state index contributed by atoms with van der Waals surface area (Å²) in [6.07, 6.45) is 1.90. The third-order valence-corrected chi connectivity index (χ3v) is 10.4. The summed E-state index contributed by atoms with van der Waals surface area (Å²) in [6.45, 7) is 24.7. The number of hydrogen-bond donors (Lipinski definition) is 0. The predicted molar refractivity (Wildman–Crippen MR) is 225 cm³/mol. The summed E-state index contributed by atoms with van der Waals surface area (Å²) in [5, 5.41) is 2.25. The van der Waals surface area contributed by atoms with Crippen LogP contribution in [-0.4, -0.2) is 9.55 Å². The molecule has 0 saturated carbocycles. The number of nitrogens with zero attached hydrogens (tertiary/aromatic N) is 4. The fraction of sp³-hybridized carbons (Fsp3) is 0.265. The average Bonchev–Trinajstić information content (AvgIpc) is 3.66. The zero-order valence-corrected chi connectivity index (χ0v) is 35.8. The standard InChI is InChI=1S/C49H49N4O.Pt/c1-32-23-36(51-31-52(44-18-14-13-17-43(44)51)37-26-34(48(5,6)7)25-35(27-37)49(8,9)10)29-39(24-32)54-38-19-20-41-40-15-11-12-16-42(40)53(45(41)30-38)46-28-33(21-22-50-46)47(2,3)4;/h11-28,31H,1-10H3;/q-3;. The second-order valence-electron chi connectivity index (χ2n) is 17.7. The van der Waals surface area contributed by atoms with E-state index in [1.165, 1.54) is 16.7 Å². The van der Waals surface area contributed by atoms with Gasteiger partial charge in [-0.05, 0) is 80.8 Å². The molecule has 55 heavy (non-hydrogen) atoms. The summed E-state index contributed by atoms with van der Waals surface area (Å²) in [5.74, 6) is 2.11. The van der Waals surface area contributed by atoms with Crippen LogP contribution < -0.4 is 14.5 Å². The van der Waals surface area contributed by atoms with E-state index in [4.69, 9.17) is 9.72 Å². The minimum Gasteiger partial charge on any atom is -0.509 e. The molecule has 1 aliphatic rings. The molecule has 0 bridgehead atoms. The second-order valence-corrected chi connectivity index (χ2v) is 17.7. The van der Waals surface area contributed by atoms with Gasteiger partial charge in [0.05, 0.1) is 0 Å². The normalized spacial score (nSPS) is 13.3. The van der Waals surface area contributed by atoms with Gasteiger partial charge in [0.25, 0.3) is 0 Å². The molecule has 0 fully saturated rings. The molecule has 0 atom stereocenters. The van der Waals surface area contributed by atoms with Gasteiger partial charge in [0.1, 0.15) is 5.82 Å². The number of anilines is 4. The first-order chi connectivity index (χ1) is 25.5. The molecule has 0 aliphatic carbocycles. The molecule has 8 rings (SSSR count). The molecule has 0 N–H and O–H groups in total. The van der Waals surface area contributed by atoms with Crippen LogP contribution in [0.1, 0.15) is 84.6 Å². The number of benzene rings is 5. The fourth-order valence-electron chi connectivity index (χ4n) is 7.27. The van der Waals surface area contributed by atoms with Crippen LogP contribution in [0, 0.1) is 25.7 Å². The van der Waals surface area contributed by atoms with Crippen molar-refractivity contribution in [3.05, 3.63) is 150 Å². The topological polar surface area (TPSA) is 33.5 Å². The van der Waals surface area contributed by atoms with E-state index in [0.29, 0.717) is 11.5 Å². The number of fused-ring (bicyclic) bond motifs is 4. The molecule has 5 nitrogen and oxygen atoms in total. The maximum atomic E-state index is 6.64. The molecule has 2 aromatic heterocycles. The van der Waals surface area contributed by atoms with Crippen LogP contribution in [0.4, 0.5) is 22.7 Å². The third-order valence-electron chi connectivity index (χ3n) is 10.4. The molecular formula is C49H49N4OPt-3. The molecule has 3 heterocycles. The van der Waals surface area contributed by atoms with Gasteiger partial charge in [-0.1, -0.05) is 111 Å². The Morgan fingerprint density at radius 3 is 1.91 bits per heavy atom. The van der Waals surface area contributed by atoms with Gasteiger partial charge in [-0.3, -0.25) is 0 Å². The number of pyridine rings is 1. The predicted octanol–water partition coefficient (Wildman–Crippen LogP) is 13.2. The SMILES string of the molecule is Cc1cc(Oc2[c-]c3c(cc2)c2ccccc2n3-c2cc(C(C)(C)C)ccn2)[c-]c(N2[CH-]N(c3cc(C(C)(C)C)cc(C(C)(C)C)c3)c3ccccc32)c1.[Pt]. The van der Waals surface area contributed by atoms with Gasteiger partial charge in [-0.2, -0.15) is 11.6 Å². The summed E-state index contributed by atoms with van der Waals surface area (Å²) in [4.78, 5) is 9.36. The van der Waals surface area contributed by atoms with E-state index < -0.39 is 0 Å². The largest absolute Gasteiger partial charge is 0.509 e. The number of hydrogen-bond acceptors (Lipinski definition) is 4. The van der Waals surface area contributed by atoms with E-state index in [1.807, 2.05) is 18.3 Å². The van der Waals surface area contributed by atoms with E-state index in [9.17, 15) is 0 Å². The Labute approximate surface area is 341 Å². The number of aromatic nitrogens is 2. The number of para-hydroxylation sites is 3. The molecule has 0 spiro atoms. The molecule has 1 aliphatic heterocycles. The van der Waals surface area contributed by atoms with Crippen LogP contribution in [0.25, 0.3) is 27.6 Å². The zero-order valence-electron chi connectivity index (χ0n) is 33.5. The second kappa shape index (κ2) is 14.0. The van der Waals surface area contributed by atoms with Gasteiger partial charge < -0.3 is 19.1 Å². The Morgan fingerprint density at radius 1 is 0.600 bits per heavy atom. The van der Waals surface area contributed by atoms with E-state index in [1.54, 1.807) is 0 Å². The van der Waals surface area contributed by atoms with Crippen LogP contribution in [0.3, 0.4) is 0 Å². The molecule has 0 unspecified atom stereocenters. The summed E-state index contributed by atoms with van der Waals surface area (Å²) >= 11 is 0. The van der Waals surface area contributed by atoms with Crippen molar-refractivity contribution in [1.82, 2.24) is 9.55 Å². The monoisotopic (exact) mass is 904 g/mol. The Bertz CT molecular complexity index is 2510. The Hall–Kier alpha value is -4.86. The number of rotatable bonds is 5. The molecular weight excluding hydrogens is 856 g/mol. The van der Waals surface area contributed by atoms with Crippen molar-refractivity contribution in [3.8, 4) is 17.3 Å². The van der Waals surface area contributed by atoms with Gasteiger partial charge in [0.2, 0.25) is 0 Å². The Balaban J connectivity index is 0.00000465. The van der Waals surface area contributed by atoms with Crippen molar-refractivity contribution >= 4 is 44.6 Å². The van der Waals surface area contributed by atoms with Gasteiger partial charge in [-0.15, -0.1) is 48.1 Å². The smallest absolute Gasteiger partial charge is 0.135 e. The van der Waals surface area contributed by atoms with Crippen LogP contribution in [0.5, 0.6) is 11.5 Å². The minimum atomic E-state index is -0.0106. The van der Waals surface area contributed by atoms with Gasteiger partial charge in [0.15, 0.2) is 0 Å². The van der Waals surface area contributed by atoms with Crippen molar-refractivity contribution in [3.63, 3.8) is 0 Å². The van der Waals surface area contributed by atoms with Crippen molar-refractivity contribution in [2.75, 3.05) is 9.80 Å². The molecule has 7 aromatic rings. The Kier molecular flexibility index (Phi) is 9.79. The van der Waals surface area contributed by atoms with Gasteiger partial charge >= 0.3 is 0 Å². The quantitative estimate of drug-likeness (QED) is 0.161. The Morgan fingerprint density at radius 2 is 1.24 bits per heavy atom. The average molecular weight is 905 g/mol. The summed E-state index contributed by atoms with van der Waals surface area (Å²) < 4.78 is 8.84. The van der Waals surface area contributed by atoms with Crippen molar-refractivity contribution in [2.24, 2.45) is 0 Å². The van der Waals surface area contributed by atoms with Crippen molar-refractivity contribution < 1.29 is 25.8 Å². The first kappa shape index (κ1) is 38.4. The molecule has 284 valence electrons. The van der Waals surface area contributed by atoms with Gasteiger partial charge in [0, 0.05) is 61.3 Å². The van der Waals surface area contributed by atoms with E-state index in [2.05, 4.69) is 193 Å². The first-order valence-electron chi connectivity index (χ1n) is 18.9.